The Labute approximate surface area is 126 Å². The van der Waals surface area contributed by atoms with Crippen LogP contribution in [0, 0.1) is 20.8 Å². The normalized spacial score (nSPS) is 14.0. The van der Waals surface area contributed by atoms with Crippen LogP contribution in [0.5, 0.6) is 0 Å². The van der Waals surface area contributed by atoms with E-state index >= 15 is 0 Å². The molecule has 0 aliphatic carbocycles. The SMILES string of the molecule is Cc1ccc(C(=O)N2CCCc3cc(C)ccc32)c(C)c1. The summed E-state index contributed by atoms with van der Waals surface area (Å²) in [6.45, 7) is 6.98. The molecule has 1 aliphatic heterocycles. The average molecular weight is 279 g/mol. The number of fused-ring (bicyclic) bond motifs is 1. The number of carbonyl (C=O) groups is 1. The highest BCUT2D eigenvalue weighted by molar-refractivity contribution is 6.07. The van der Waals surface area contributed by atoms with E-state index in [9.17, 15) is 4.79 Å². The van der Waals surface area contributed by atoms with Crippen LogP contribution in [0.2, 0.25) is 0 Å². The summed E-state index contributed by atoms with van der Waals surface area (Å²) in [6, 6.07) is 12.4. The summed E-state index contributed by atoms with van der Waals surface area (Å²) >= 11 is 0. The molecule has 2 nitrogen and oxygen atoms in total. The number of carbonyl (C=O) groups excluding carboxylic acids is 1. The molecule has 1 heterocycles. The zero-order chi connectivity index (χ0) is 15.0. The van der Waals surface area contributed by atoms with Crippen molar-refractivity contribution in [3.05, 3.63) is 64.2 Å². The van der Waals surface area contributed by atoms with E-state index in [1.807, 2.05) is 24.0 Å². The van der Waals surface area contributed by atoms with Gasteiger partial charge in [0, 0.05) is 17.8 Å². The van der Waals surface area contributed by atoms with E-state index in [1.165, 1.54) is 16.7 Å². The predicted octanol–water partition coefficient (Wildman–Crippen LogP) is 4.20. The Morgan fingerprint density at radius 2 is 1.71 bits per heavy atom. The second-order valence-electron chi connectivity index (χ2n) is 6.01. The van der Waals surface area contributed by atoms with Crippen molar-refractivity contribution in [3.63, 3.8) is 0 Å². The van der Waals surface area contributed by atoms with Crippen molar-refractivity contribution in [2.24, 2.45) is 0 Å². The van der Waals surface area contributed by atoms with Crippen LogP contribution < -0.4 is 4.90 Å². The molecule has 108 valence electrons. The summed E-state index contributed by atoms with van der Waals surface area (Å²) in [5.74, 6) is 0.123. The molecule has 0 saturated heterocycles. The molecule has 2 aromatic rings. The summed E-state index contributed by atoms with van der Waals surface area (Å²) in [6.07, 6.45) is 2.10. The highest BCUT2D eigenvalue weighted by Crippen LogP contribution is 2.29. The first-order valence-electron chi connectivity index (χ1n) is 7.55. The van der Waals surface area contributed by atoms with E-state index in [0.29, 0.717) is 0 Å². The lowest BCUT2D eigenvalue weighted by atomic mass is 9.97. The molecule has 0 aromatic heterocycles. The number of anilines is 1. The molecule has 1 aliphatic rings. The van der Waals surface area contributed by atoms with E-state index in [-0.39, 0.29) is 5.91 Å². The van der Waals surface area contributed by atoms with Crippen LogP contribution in [0.3, 0.4) is 0 Å². The van der Waals surface area contributed by atoms with Gasteiger partial charge in [0.05, 0.1) is 0 Å². The standard InChI is InChI=1S/C19H21NO/c1-13-6-8-17(15(3)11-13)19(21)20-10-4-5-16-12-14(2)7-9-18(16)20/h6-9,11-12H,4-5,10H2,1-3H3. The number of hydrogen-bond donors (Lipinski definition) is 0. The first kappa shape index (κ1) is 13.9. The second-order valence-corrected chi connectivity index (χ2v) is 6.01. The third-order valence-electron chi connectivity index (χ3n) is 4.21. The van der Waals surface area contributed by atoms with E-state index < -0.39 is 0 Å². The van der Waals surface area contributed by atoms with Crippen molar-refractivity contribution < 1.29 is 4.79 Å². The molecule has 1 amide bonds. The number of rotatable bonds is 1. The Bertz CT molecular complexity index is 703. The number of amides is 1. The monoisotopic (exact) mass is 279 g/mol. The van der Waals surface area contributed by atoms with Gasteiger partial charge in [-0.1, -0.05) is 35.4 Å². The zero-order valence-corrected chi connectivity index (χ0v) is 12.9. The van der Waals surface area contributed by atoms with Crippen LogP contribution in [-0.4, -0.2) is 12.5 Å². The second kappa shape index (κ2) is 5.36. The highest BCUT2D eigenvalue weighted by Gasteiger charge is 2.24. The smallest absolute Gasteiger partial charge is 0.258 e. The maximum Gasteiger partial charge on any atom is 0.258 e. The summed E-state index contributed by atoms with van der Waals surface area (Å²) in [5, 5.41) is 0. The number of aryl methyl sites for hydroxylation is 4. The Hall–Kier alpha value is -2.09. The lowest BCUT2D eigenvalue weighted by molar-refractivity contribution is 0.0984. The molecule has 0 bridgehead atoms. The lowest BCUT2D eigenvalue weighted by Gasteiger charge is -2.30. The Kier molecular flexibility index (Phi) is 3.54. The summed E-state index contributed by atoms with van der Waals surface area (Å²) < 4.78 is 0. The van der Waals surface area contributed by atoms with Crippen molar-refractivity contribution in [3.8, 4) is 0 Å². The molecule has 2 aromatic carbocycles. The molecule has 0 radical (unpaired) electrons. The number of nitrogens with zero attached hydrogens (tertiary/aromatic N) is 1. The minimum absolute atomic E-state index is 0.123. The van der Waals surface area contributed by atoms with Crippen molar-refractivity contribution in [1.82, 2.24) is 0 Å². The van der Waals surface area contributed by atoms with E-state index in [0.717, 1.165) is 36.2 Å². The molecular weight excluding hydrogens is 258 g/mol. The van der Waals surface area contributed by atoms with Gasteiger partial charge in [0.25, 0.3) is 5.91 Å². The Morgan fingerprint density at radius 1 is 1.00 bits per heavy atom. The summed E-state index contributed by atoms with van der Waals surface area (Å²) in [7, 11) is 0. The van der Waals surface area contributed by atoms with Crippen LogP contribution in [0.25, 0.3) is 0 Å². The van der Waals surface area contributed by atoms with Gasteiger partial charge in [-0.05, 0) is 56.9 Å². The first-order chi connectivity index (χ1) is 10.1. The van der Waals surface area contributed by atoms with Gasteiger partial charge >= 0.3 is 0 Å². The van der Waals surface area contributed by atoms with Crippen LogP contribution in [-0.2, 0) is 6.42 Å². The molecule has 0 N–H and O–H groups in total. The van der Waals surface area contributed by atoms with Gasteiger partial charge in [0.2, 0.25) is 0 Å². The van der Waals surface area contributed by atoms with Gasteiger partial charge in [-0.25, -0.2) is 0 Å². The van der Waals surface area contributed by atoms with Crippen molar-refractivity contribution in [2.75, 3.05) is 11.4 Å². The maximum absolute atomic E-state index is 12.9. The molecule has 0 saturated carbocycles. The molecular formula is C19H21NO. The molecule has 0 spiro atoms. The fraction of sp³-hybridized carbons (Fsp3) is 0.316. The predicted molar refractivity (Wildman–Crippen MR) is 87.1 cm³/mol. The molecule has 0 unspecified atom stereocenters. The van der Waals surface area contributed by atoms with E-state index in [2.05, 4.69) is 38.1 Å². The van der Waals surface area contributed by atoms with Crippen molar-refractivity contribution in [1.29, 1.82) is 0 Å². The fourth-order valence-electron chi connectivity index (χ4n) is 3.14. The van der Waals surface area contributed by atoms with Gasteiger partial charge in [0.1, 0.15) is 0 Å². The van der Waals surface area contributed by atoms with Crippen LogP contribution >= 0.6 is 0 Å². The lowest BCUT2D eigenvalue weighted by Crippen LogP contribution is -2.35. The van der Waals surface area contributed by atoms with Crippen LogP contribution in [0.1, 0.15) is 39.0 Å². The topological polar surface area (TPSA) is 20.3 Å². The fourth-order valence-corrected chi connectivity index (χ4v) is 3.14. The van der Waals surface area contributed by atoms with Gasteiger partial charge in [-0.15, -0.1) is 0 Å². The molecule has 21 heavy (non-hydrogen) atoms. The number of benzene rings is 2. The minimum atomic E-state index is 0.123. The Balaban J connectivity index is 2.00. The minimum Gasteiger partial charge on any atom is -0.308 e. The van der Waals surface area contributed by atoms with Gasteiger partial charge in [-0.2, -0.15) is 0 Å². The molecule has 0 atom stereocenters. The number of hydrogen-bond acceptors (Lipinski definition) is 1. The van der Waals surface area contributed by atoms with Crippen LogP contribution in [0.4, 0.5) is 5.69 Å². The molecule has 2 heteroatoms. The van der Waals surface area contributed by atoms with Crippen LogP contribution in [0.15, 0.2) is 36.4 Å². The molecule has 0 fully saturated rings. The molecule has 3 rings (SSSR count). The quantitative estimate of drug-likeness (QED) is 0.766. The highest BCUT2D eigenvalue weighted by atomic mass is 16.2. The zero-order valence-electron chi connectivity index (χ0n) is 12.9. The summed E-state index contributed by atoms with van der Waals surface area (Å²) in [5.41, 5.74) is 6.69. The van der Waals surface area contributed by atoms with Crippen molar-refractivity contribution in [2.45, 2.75) is 33.6 Å². The Morgan fingerprint density at radius 3 is 2.48 bits per heavy atom. The third-order valence-corrected chi connectivity index (χ3v) is 4.21. The van der Waals surface area contributed by atoms with Crippen molar-refractivity contribution >= 4 is 11.6 Å². The van der Waals surface area contributed by atoms with Gasteiger partial charge in [0.15, 0.2) is 0 Å². The third kappa shape index (κ3) is 2.58. The van der Waals surface area contributed by atoms with E-state index in [1.54, 1.807) is 0 Å². The summed E-state index contributed by atoms with van der Waals surface area (Å²) in [4.78, 5) is 14.8. The van der Waals surface area contributed by atoms with Gasteiger partial charge in [-0.3, -0.25) is 4.79 Å². The van der Waals surface area contributed by atoms with E-state index in [4.69, 9.17) is 0 Å². The largest absolute Gasteiger partial charge is 0.308 e. The average Bonchev–Trinajstić information content (AvgIpc) is 2.45. The van der Waals surface area contributed by atoms with Gasteiger partial charge < -0.3 is 4.90 Å². The first-order valence-corrected chi connectivity index (χ1v) is 7.55. The maximum atomic E-state index is 12.9.